The highest BCUT2D eigenvalue weighted by Crippen LogP contribution is 2.41. The first kappa shape index (κ1) is 91.7. The summed E-state index contributed by atoms with van der Waals surface area (Å²) in [5, 5.41) is 31.5. The third-order valence-corrected chi connectivity index (χ3v) is 21.3. The number of likely N-dealkylation sites (N-methyl/N-ethyl adjacent to an activating group) is 2. The molecule has 0 aromatic heterocycles. The van der Waals surface area contributed by atoms with Gasteiger partial charge in [0.1, 0.15) is 55.2 Å². The molecule has 0 aliphatic carbocycles. The first-order chi connectivity index (χ1) is 59.4. The van der Waals surface area contributed by atoms with Crippen LogP contribution in [0.5, 0.6) is 17.2 Å². The molecule has 123 heavy (non-hydrogen) atoms. The molecule has 644 valence electrons. The number of fused-ring (bicyclic) bond motifs is 2. The van der Waals surface area contributed by atoms with E-state index in [-0.39, 0.29) is 137 Å². The van der Waals surface area contributed by atoms with Crippen LogP contribution in [-0.2, 0) is 61.0 Å². The number of rotatable bonds is 43. The van der Waals surface area contributed by atoms with Gasteiger partial charge in [0, 0.05) is 67.6 Å². The van der Waals surface area contributed by atoms with Crippen LogP contribution in [0.25, 0.3) is 21.9 Å². The molecule has 10 rings (SSSR count). The van der Waals surface area contributed by atoms with E-state index < -0.39 is 71.7 Å². The molecule has 29 nitrogen and oxygen atoms in total. The van der Waals surface area contributed by atoms with Gasteiger partial charge in [-0.1, -0.05) is 124 Å². The molecule has 5 atom stereocenters. The quantitative estimate of drug-likeness (QED) is 0.01000. The Hall–Kier alpha value is -13.6. The normalized spacial score (nSPS) is 14.6. The molecule has 12 amide bonds. The molecule has 0 bridgehead atoms. The van der Waals surface area contributed by atoms with Crippen LogP contribution in [0.15, 0.2) is 194 Å². The number of anilines is 3. The van der Waals surface area contributed by atoms with Crippen LogP contribution in [-0.4, -0.2) is 186 Å². The number of hydrogen-bond donors (Lipinski definition) is 8. The second kappa shape index (κ2) is 45.2. The number of nitrogens with one attached hydrogen (secondary N) is 7. The number of methoxy groups -OCH3 is 1. The molecule has 2 aliphatic heterocycles. The molecule has 0 saturated carbocycles. The summed E-state index contributed by atoms with van der Waals surface area (Å²) in [6.07, 6.45) is 5.30. The Morgan fingerprint density at radius 2 is 1.29 bits per heavy atom. The van der Waals surface area contributed by atoms with Crippen LogP contribution in [0.3, 0.4) is 0 Å². The summed E-state index contributed by atoms with van der Waals surface area (Å²) in [7, 11) is 4.83. The lowest BCUT2D eigenvalue weighted by Gasteiger charge is -2.33. The van der Waals surface area contributed by atoms with Crippen LogP contribution in [0.1, 0.15) is 134 Å². The van der Waals surface area contributed by atoms with E-state index in [0.29, 0.717) is 59.9 Å². The highest BCUT2D eigenvalue weighted by Gasteiger charge is 2.44. The maximum Gasteiger partial charge on any atom is 0.312 e. The number of amides is 12. The Kier molecular flexibility index (Phi) is 33.7. The number of urea groups is 1. The number of carbonyl (C=O) groups is 11. The van der Waals surface area contributed by atoms with Gasteiger partial charge in [0.25, 0.3) is 29.5 Å². The van der Waals surface area contributed by atoms with E-state index in [4.69, 9.17) is 29.4 Å². The molecular weight excluding hydrogens is 1570 g/mol. The van der Waals surface area contributed by atoms with E-state index >= 15 is 4.79 Å². The predicted molar refractivity (Wildman–Crippen MR) is 468 cm³/mol. The van der Waals surface area contributed by atoms with Crippen molar-refractivity contribution in [2.75, 3.05) is 95.5 Å². The van der Waals surface area contributed by atoms with Gasteiger partial charge in [-0.2, -0.15) is 5.26 Å². The third-order valence-electron chi connectivity index (χ3n) is 21.3. The fraction of sp³-hybridized carbons (Fsp3) is 0.340. The van der Waals surface area contributed by atoms with Gasteiger partial charge in [-0.3, -0.25) is 52.8 Å². The molecule has 9 N–H and O–H groups in total. The van der Waals surface area contributed by atoms with Gasteiger partial charge in [0.15, 0.2) is 0 Å². The molecule has 5 unspecified atom stereocenters. The van der Waals surface area contributed by atoms with Crippen molar-refractivity contribution >= 4 is 104 Å². The minimum absolute atomic E-state index is 0.0143. The molecular formula is C94H107N13O16. The maximum absolute atomic E-state index is 15.1. The number of nitrogens with two attached hydrogens (primary N) is 1. The lowest BCUT2D eigenvalue weighted by atomic mass is 9.88. The molecule has 8 aromatic carbocycles. The topological polar surface area (TPSA) is 381 Å². The van der Waals surface area contributed by atoms with Crippen LogP contribution < -0.4 is 67.0 Å². The highest BCUT2D eigenvalue weighted by molar-refractivity contribution is 6.15. The van der Waals surface area contributed by atoms with Crippen LogP contribution in [0, 0.1) is 17.2 Å². The maximum atomic E-state index is 15.1. The SMILES string of the molecule is CCC(=C(c1ccc(OCCN(C)C(=O)COCCOCCNC(=O)c2ccc(C(=O)N3c4cc(C#N)ccc4N(Cc4c(OC)ccc5ccccc45)C(=O)C(NC(=O)C(C)NC)C3C)cc2)cc1)c1ccc(OCc2ccc(NC(=O)C(CCCNC(N)=O)NC(=O)C(NC(=O)CCCCCN3C(=O)C=CC3=O)C(C)C)cc2)cc1)c1ccccc1. The summed E-state index contributed by atoms with van der Waals surface area (Å²) in [4.78, 5) is 152. The fourth-order valence-electron chi connectivity index (χ4n) is 14.3. The van der Waals surface area contributed by atoms with Gasteiger partial charge in [-0.15, -0.1) is 0 Å². The van der Waals surface area contributed by atoms with Gasteiger partial charge >= 0.3 is 6.03 Å². The Morgan fingerprint density at radius 1 is 0.634 bits per heavy atom. The first-order valence-corrected chi connectivity index (χ1v) is 41.2. The average Bonchev–Trinajstić information content (AvgIpc) is 1.60. The number of hydrogen-bond acceptors (Lipinski definition) is 18. The number of nitrogens with zero attached hydrogens (tertiary/aromatic N) is 5. The molecule has 2 aliphatic rings. The van der Waals surface area contributed by atoms with Crippen molar-refractivity contribution in [1.29, 1.82) is 5.26 Å². The van der Waals surface area contributed by atoms with E-state index in [1.54, 1.807) is 79.2 Å². The summed E-state index contributed by atoms with van der Waals surface area (Å²) in [5.74, 6) is -2.92. The zero-order valence-corrected chi connectivity index (χ0v) is 70.5. The van der Waals surface area contributed by atoms with Gasteiger partial charge in [-0.25, -0.2) is 4.79 Å². The molecule has 2 heterocycles. The second-order valence-electron chi connectivity index (χ2n) is 30.1. The molecule has 29 heteroatoms. The van der Waals surface area contributed by atoms with Crippen LogP contribution in [0.4, 0.5) is 21.9 Å². The smallest absolute Gasteiger partial charge is 0.312 e. The number of allylic oxidation sites excluding steroid dienone is 1. The highest BCUT2D eigenvalue weighted by atomic mass is 16.5. The van der Waals surface area contributed by atoms with E-state index in [2.05, 4.69) is 62.3 Å². The van der Waals surface area contributed by atoms with Gasteiger partial charge < -0.3 is 81.3 Å². The zero-order chi connectivity index (χ0) is 88.1. The van der Waals surface area contributed by atoms with E-state index in [9.17, 15) is 53.2 Å². The molecule has 8 aromatic rings. The van der Waals surface area contributed by atoms with Crippen molar-refractivity contribution in [3.05, 3.63) is 239 Å². The molecule has 0 spiro atoms. The summed E-state index contributed by atoms with van der Waals surface area (Å²) in [6, 6.07) is 51.6. The van der Waals surface area contributed by atoms with Crippen LogP contribution >= 0.6 is 0 Å². The zero-order valence-electron chi connectivity index (χ0n) is 70.5. The Labute approximate surface area is 716 Å². The van der Waals surface area contributed by atoms with Crippen molar-refractivity contribution in [1.82, 2.24) is 41.7 Å². The Bertz CT molecular complexity index is 5150. The summed E-state index contributed by atoms with van der Waals surface area (Å²) < 4.78 is 29.6. The molecule has 0 radical (unpaired) electrons. The number of imide groups is 1. The van der Waals surface area contributed by atoms with E-state index in [1.165, 1.54) is 51.1 Å². The summed E-state index contributed by atoms with van der Waals surface area (Å²) >= 11 is 0. The second-order valence-corrected chi connectivity index (χ2v) is 30.1. The van der Waals surface area contributed by atoms with E-state index in [0.717, 1.165) is 55.5 Å². The molecule has 0 saturated heterocycles. The van der Waals surface area contributed by atoms with Crippen LogP contribution in [0.2, 0.25) is 0 Å². The third kappa shape index (κ3) is 25.1. The minimum Gasteiger partial charge on any atom is -0.496 e. The fourth-order valence-corrected chi connectivity index (χ4v) is 14.3. The first-order valence-electron chi connectivity index (χ1n) is 41.2. The van der Waals surface area contributed by atoms with Gasteiger partial charge in [0.05, 0.1) is 75.1 Å². The number of unbranched alkanes of at least 4 members (excludes halogenated alkanes) is 2. The molecule has 0 fully saturated rings. The number of ether oxygens (including phenoxy) is 5. The Morgan fingerprint density at radius 3 is 1.95 bits per heavy atom. The number of benzene rings is 8. The van der Waals surface area contributed by atoms with Crippen molar-refractivity contribution in [2.24, 2.45) is 11.7 Å². The van der Waals surface area contributed by atoms with Crippen molar-refractivity contribution in [2.45, 2.75) is 123 Å². The van der Waals surface area contributed by atoms with Crippen molar-refractivity contribution in [3.8, 4) is 23.3 Å². The van der Waals surface area contributed by atoms with Gasteiger partial charge in [-0.05, 0) is 188 Å². The summed E-state index contributed by atoms with van der Waals surface area (Å²) in [5.41, 5.74) is 13.6. The van der Waals surface area contributed by atoms with Gasteiger partial charge in [0.2, 0.25) is 29.5 Å². The lowest BCUT2D eigenvalue weighted by Crippen LogP contribution is -2.59. The van der Waals surface area contributed by atoms with Crippen molar-refractivity contribution in [3.63, 3.8) is 0 Å². The Balaban J connectivity index is 0.661. The van der Waals surface area contributed by atoms with E-state index in [1.807, 2.05) is 115 Å². The summed E-state index contributed by atoms with van der Waals surface area (Å²) in [6.45, 7) is 10.4. The number of primary amides is 1. The average molecular weight is 1670 g/mol. The lowest BCUT2D eigenvalue weighted by molar-refractivity contribution is -0.137. The standard InChI is InChI=1S/C94H107N13O16/c1-9-74(65-19-12-10-13-20-65)85(68-34-41-73(42-35-68)123-58-63-25-37-71(38-26-63)100-90(114)77(23-18-47-99-94(96)118)101-91(115)86(60(2)3)102-81(108)24-14-11-17-49-105-82(109)45-46-83(105)110)67-32-39-72(40-33-67)122-52-50-104(7)84(111)59-121-54-53-120-51-48-98-89(113)69-28-30-70(31-29-69)92(116)107-62(5)87(103-88(112)61(4)97-6)93(117)106(78-43-27-64(56-95)55-79(78)107)57-76-75-22-16-15-21-66(75)36-44-80(76)119-8/h10,12-13,15-16,19-22,25-46,55,60-62,77,86-87,97H,9,11,14,17-18,23-24,47-54,57-59H2,1-8H3,(H,98,113)(H,100,114)(H,101,115)(H,102,108)(H,103,112)(H3,96,99,118). The van der Waals surface area contributed by atoms with Crippen molar-refractivity contribution < 1.29 is 76.4 Å². The monoisotopic (exact) mass is 1670 g/mol. The number of nitriles is 1. The number of carbonyl (C=O) groups excluding carboxylic acids is 11. The predicted octanol–water partition coefficient (Wildman–Crippen LogP) is 10.1. The largest absolute Gasteiger partial charge is 0.496 e. The minimum atomic E-state index is -1.26.